The Labute approximate surface area is 328 Å². The molecular weight excluding hydrogens is 772 g/mol. The third kappa shape index (κ3) is 7.72. The SMILES string of the molecule is COc1ccc2nc(C(F)(F)F)c3c(c2c1)CCC1(CC2C(=O)NC4(C(=O)N5CCS5(=O)=O)CC4C=CCCCCCC(NC(=O)OC(C)C(C)C)C(=O)N2C1)O3. The van der Waals surface area contributed by atoms with Gasteiger partial charge in [0.05, 0.1) is 31.5 Å². The van der Waals surface area contributed by atoms with Gasteiger partial charge in [-0.15, -0.1) is 0 Å². The fraction of sp³-hybridized carbons (Fsp3) is 0.615. The van der Waals surface area contributed by atoms with E-state index in [0.717, 1.165) is 4.31 Å². The van der Waals surface area contributed by atoms with Crippen LogP contribution in [0.3, 0.4) is 0 Å². The normalized spacial score (nSPS) is 29.2. The Morgan fingerprint density at radius 2 is 1.89 bits per heavy atom. The maximum absolute atomic E-state index is 14.7. The fourth-order valence-corrected chi connectivity index (χ4v) is 9.37. The van der Waals surface area contributed by atoms with E-state index in [1.807, 2.05) is 19.9 Å². The number of aromatic nitrogens is 1. The van der Waals surface area contributed by atoms with Gasteiger partial charge in [-0.2, -0.15) is 13.2 Å². The quantitative estimate of drug-likeness (QED) is 0.405. The topological polar surface area (TPSA) is 174 Å². The van der Waals surface area contributed by atoms with Gasteiger partial charge in [-0.05, 0) is 69.6 Å². The second kappa shape index (κ2) is 15.0. The van der Waals surface area contributed by atoms with E-state index in [1.165, 1.54) is 24.1 Å². The molecule has 2 N–H and O–H groups in total. The van der Waals surface area contributed by atoms with E-state index in [0.29, 0.717) is 36.8 Å². The minimum absolute atomic E-state index is 0.0212. The number of hydrogen-bond donors (Lipinski definition) is 2. The van der Waals surface area contributed by atoms with E-state index in [9.17, 15) is 40.8 Å². The molecule has 2 aromatic rings. The summed E-state index contributed by atoms with van der Waals surface area (Å²) < 4.78 is 87.3. The summed E-state index contributed by atoms with van der Waals surface area (Å²) in [5, 5.41) is 5.90. The molecule has 4 amide bonds. The molecule has 1 aromatic carbocycles. The van der Waals surface area contributed by atoms with Crippen LogP contribution < -0.4 is 20.1 Å². The number of halogens is 3. The number of amides is 4. The zero-order valence-corrected chi connectivity index (χ0v) is 33.1. The lowest BCUT2D eigenvalue weighted by Crippen LogP contribution is -2.62. The number of allylic oxidation sites excluding steroid dienone is 1. The first-order chi connectivity index (χ1) is 26.9. The molecule has 5 aliphatic rings. The summed E-state index contributed by atoms with van der Waals surface area (Å²) >= 11 is 0. The molecule has 1 spiro atoms. The first-order valence-corrected chi connectivity index (χ1v) is 21.1. The lowest BCUT2D eigenvalue weighted by molar-refractivity contribution is -0.144. The number of alkyl carbamates (subject to hydrolysis) is 1. The summed E-state index contributed by atoms with van der Waals surface area (Å²) in [6.07, 6.45) is 0.194. The van der Waals surface area contributed by atoms with Crippen LogP contribution in [0.1, 0.15) is 83.4 Å². The van der Waals surface area contributed by atoms with Gasteiger partial charge in [0.25, 0.3) is 5.91 Å². The minimum atomic E-state index is -4.92. The third-order valence-electron chi connectivity index (χ3n) is 12.1. The van der Waals surface area contributed by atoms with Crippen LogP contribution in [0.5, 0.6) is 11.5 Å². The second-order valence-electron chi connectivity index (χ2n) is 16.2. The summed E-state index contributed by atoms with van der Waals surface area (Å²) in [5.41, 5.74) is -4.01. The summed E-state index contributed by atoms with van der Waals surface area (Å²) in [6, 6.07) is 2.00. The number of nitrogens with zero attached hydrogens (tertiary/aromatic N) is 3. The number of methoxy groups -OCH3 is 1. The molecule has 1 aromatic heterocycles. The maximum Gasteiger partial charge on any atom is 0.437 e. The smallest absolute Gasteiger partial charge is 0.437 e. The Kier molecular flexibility index (Phi) is 10.7. The van der Waals surface area contributed by atoms with Crippen molar-refractivity contribution >= 4 is 44.7 Å². The van der Waals surface area contributed by atoms with Gasteiger partial charge in [-0.1, -0.05) is 38.8 Å². The van der Waals surface area contributed by atoms with Crippen molar-refractivity contribution in [1.82, 2.24) is 24.8 Å². The average Bonchev–Trinajstić information content (AvgIpc) is 3.73. The van der Waals surface area contributed by atoms with Crippen molar-refractivity contribution in [3.63, 3.8) is 0 Å². The van der Waals surface area contributed by atoms with Gasteiger partial charge in [0, 0.05) is 23.3 Å². The number of carbonyl (C=O) groups is 4. The Bertz CT molecular complexity index is 2110. The number of ether oxygens (including phenoxy) is 3. The van der Waals surface area contributed by atoms with Gasteiger partial charge >= 0.3 is 12.3 Å². The molecule has 2 saturated heterocycles. The highest BCUT2D eigenvalue weighted by Crippen LogP contribution is 2.50. The van der Waals surface area contributed by atoms with E-state index < -0.39 is 86.7 Å². The molecule has 18 heteroatoms. The highest BCUT2D eigenvalue weighted by molar-refractivity contribution is 7.90. The Morgan fingerprint density at radius 1 is 1.12 bits per heavy atom. The largest absolute Gasteiger partial charge is 0.497 e. The number of benzene rings is 1. The number of alkyl halides is 3. The Morgan fingerprint density at radius 3 is 2.56 bits per heavy atom. The fourth-order valence-electron chi connectivity index (χ4n) is 8.29. The molecule has 1 aliphatic carbocycles. The lowest BCUT2D eigenvalue weighted by Gasteiger charge is -2.37. The molecule has 7 rings (SSSR count). The Balaban J connectivity index is 1.27. The van der Waals surface area contributed by atoms with Crippen molar-refractivity contribution in [3.8, 4) is 11.5 Å². The van der Waals surface area contributed by atoms with Crippen LogP contribution >= 0.6 is 0 Å². The molecule has 4 aliphatic heterocycles. The van der Waals surface area contributed by atoms with E-state index in [4.69, 9.17) is 14.2 Å². The highest BCUT2D eigenvalue weighted by Gasteiger charge is 2.65. The number of aryl methyl sites for hydroxylation is 1. The van der Waals surface area contributed by atoms with Crippen molar-refractivity contribution in [1.29, 1.82) is 0 Å². The maximum atomic E-state index is 14.7. The van der Waals surface area contributed by atoms with Crippen LogP contribution in [0.2, 0.25) is 0 Å². The lowest BCUT2D eigenvalue weighted by atomic mass is 9.87. The minimum Gasteiger partial charge on any atom is -0.497 e. The van der Waals surface area contributed by atoms with Gasteiger partial charge in [-0.25, -0.2) is 22.5 Å². The van der Waals surface area contributed by atoms with Crippen LogP contribution in [0.4, 0.5) is 18.0 Å². The van der Waals surface area contributed by atoms with Gasteiger partial charge in [0.2, 0.25) is 21.8 Å². The first-order valence-electron chi connectivity index (χ1n) is 19.5. The Hall–Kier alpha value is -4.61. The molecule has 3 fully saturated rings. The van der Waals surface area contributed by atoms with Crippen molar-refractivity contribution < 1.29 is 55.0 Å². The van der Waals surface area contributed by atoms with E-state index in [-0.39, 0.29) is 67.9 Å². The molecule has 310 valence electrons. The van der Waals surface area contributed by atoms with Crippen molar-refractivity contribution in [2.45, 2.75) is 114 Å². The van der Waals surface area contributed by atoms with Crippen molar-refractivity contribution in [3.05, 3.63) is 41.6 Å². The van der Waals surface area contributed by atoms with Crippen LogP contribution in [-0.2, 0) is 41.7 Å². The van der Waals surface area contributed by atoms with Gasteiger partial charge in [-0.3, -0.25) is 14.4 Å². The standard InChI is InChI=1S/C39H48F3N5O9S/c1-22(2)23(3)55-36(51)44-29-11-9-7-5-6-8-10-24-19-38(24,35(50)47-16-17-57(47,52)53)45-33(48)30-20-37(21-46(30)34(29)49)15-14-26-27-18-25(54-4)12-13-28(27)43-32(31(26)56-37)39(40,41)42/h8,10,12-13,18,22-24,29-30H,5-7,9,11,14-17,19-21H2,1-4H3,(H,44,51)(H,45,48). The predicted octanol–water partition coefficient (Wildman–Crippen LogP) is 4.63. The number of nitrogens with one attached hydrogen (secondary N) is 2. The third-order valence-corrected chi connectivity index (χ3v) is 13.8. The molecule has 0 bridgehead atoms. The number of pyridine rings is 1. The molecule has 14 nitrogen and oxygen atoms in total. The molecule has 0 radical (unpaired) electrons. The van der Waals surface area contributed by atoms with Gasteiger partial charge in [0.15, 0.2) is 11.4 Å². The van der Waals surface area contributed by atoms with Crippen molar-refractivity contribution in [2.75, 3.05) is 26.0 Å². The molecule has 5 heterocycles. The second-order valence-corrected chi connectivity index (χ2v) is 18.2. The number of hydrogen-bond acceptors (Lipinski definition) is 10. The summed E-state index contributed by atoms with van der Waals surface area (Å²) in [4.78, 5) is 61.5. The monoisotopic (exact) mass is 819 g/mol. The predicted molar refractivity (Wildman–Crippen MR) is 200 cm³/mol. The summed E-state index contributed by atoms with van der Waals surface area (Å²) in [7, 11) is -2.41. The molecule has 1 saturated carbocycles. The average molecular weight is 820 g/mol. The van der Waals surface area contributed by atoms with E-state index in [2.05, 4.69) is 15.6 Å². The molecular formula is C39H48F3N5O9S. The zero-order chi connectivity index (χ0) is 41.1. The van der Waals surface area contributed by atoms with Crippen molar-refractivity contribution in [2.24, 2.45) is 11.8 Å². The summed E-state index contributed by atoms with van der Waals surface area (Å²) in [6.45, 7) is 5.10. The number of carbonyl (C=O) groups excluding carboxylic acids is 4. The first kappa shape index (κ1) is 40.6. The molecule has 6 unspecified atom stereocenters. The van der Waals surface area contributed by atoms with Gasteiger partial charge in [0.1, 0.15) is 35.1 Å². The van der Waals surface area contributed by atoms with Crippen LogP contribution in [-0.4, -0.2) is 102 Å². The zero-order valence-electron chi connectivity index (χ0n) is 32.3. The molecule has 57 heavy (non-hydrogen) atoms. The number of sulfonamides is 1. The molecule has 6 atom stereocenters. The van der Waals surface area contributed by atoms with Gasteiger partial charge < -0.3 is 29.7 Å². The van der Waals surface area contributed by atoms with Crippen LogP contribution in [0.25, 0.3) is 10.9 Å². The van der Waals surface area contributed by atoms with Crippen LogP contribution in [0.15, 0.2) is 30.4 Å². The van der Waals surface area contributed by atoms with E-state index >= 15 is 0 Å². The highest BCUT2D eigenvalue weighted by atomic mass is 32.2. The summed E-state index contributed by atoms with van der Waals surface area (Å²) in [5.74, 6) is -3.09. The van der Waals surface area contributed by atoms with Crippen LogP contribution in [0, 0.1) is 11.8 Å². The van der Waals surface area contributed by atoms with E-state index in [1.54, 1.807) is 19.1 Å². The number of rotatable bonds is 5. The number of fused-ring (bicyclic) bond motifs is 5.